The van der Waals surface area contributed by atoms with Gasteiger partial charge in [0, 0.05) is 0 Å². The summed E-state index contributed by atoms with van der Waals surface area (Å²) >= 11 is 0. The van der Waals surface area contributed by atoms with Crippen molar-refractivity contribution in [3.8, 4) is 0 Å². The molecule has 0 aliphatic carbocycles. The molecule has 5 amide bonds. The molecule has 0 saturated carbocycles. The molecule has 4 atom stereocenters. The largest absolute Gasteiger partial charge is 0.592 e. The SMILES string of the molecule is O=C1N=C2C(=O)N([P+](=O)[O-])C(=O)N([P+](=O)[O-])C2([P+](=O)[O-])N1. The van der Waals surface area contributed by atoms with Gasteiger partial charge in [0.1, 0.15) is 0 Å². The van der Waals surface area contributed by atoms with Crippen LogP contribution in [0.5, 0.6) is 0 Å². The Kier molecular flexibility index (Phi) is 3.66. The molecule has 0 radical (unpaired) electrons. The van der Waals surface area contributed by atoms with Gasteiger partial charge in [-0.3, -0.25) is 10.1 Å². The highest BCUT2D eigenvalue weighted by molar-refractivity contribution is 7.44. The summed E-state index contributed by atoms with van der Waals surface area (Å²) in [6, 6.07) is -3.39. The van der Waals surface area contributed by atoms with Crippen molar-refractivity contribution in [2.45, 2.75) is 5.40 Å². The molecule has 2 aliphatic rings. The summed E-state index contributed by atoms with van der Waals surface area (Å²) in [4.78, 5) is 71.0. The lowest BCUT2D eigenvalue weighted by Gasteiger charge is -2.31. The summed E-state index contributed by atoms with van der Waals surface area (Å²) in [5.74, 6) is -1.73. The molecule has 0 aromatic heterocycles. The highest BCUT2D eigenvalue weighted by Gasteiger charge is 2.75. The van der Waals surface area contributed by atoms with Crippen LogP contribution in [0.25, 0.3) is 0 Å². The van der Waals surface area contributed by atoms with Crippen molar-refractivity contribution >= 4 is 48.1 Å². The van der Waals surface area contributed by atoms with Crippen LogP contribution in [-0.4, -0.2) is 38.4 Å². The van der Waals surface area contributed by atoms with Gasteiger partial charge < -0.3 is 14.7 Å². The average Bonchev–Trinajstić information content (AvgIpc) is 2.66. The molecule has 2 aliphatic heterocycles. The van der Waals surface area contributed by atoms with E-state index in [0.717, 1.165) is 0 Å². The Hall–Kier alpha value is -1.74. The maximum atomic E-state index is 11.8. The zero-order valence-corrected chi connectivity index (χ0v) is 12.0. The van der Waals surface area contributed by atoms with E-state index in [9.17, 15) is 42.8 Å². The van der Waals surface area contributed by atoms with E-state index in [1.165, 1.54) is 0 Å². The third-order valence-electron chi connectivity index (χ3n) is 2.48. The van der Waals surface area contributed by atoms with Gasteiger partial charge in [-0.05, 0) is 18.5 Å². The van der Waals surface area contributed by atoms with Crippen molar-refractivity contribution < 1.29 is 42.8 Å². The minimum Gasteiger partial charge on any atom is -0.592 e. The summed E-state index contributed by atoms with van der Waals surface area (Å²) in [6.07, 6.45) is 0. The van der Waals surface area contributed by atoms with Crippen LogP contribution in [0.3, 0.4) is 0 Å². The molecule has 0 aromatic carbocycles. The quantitative estimate of drug-likeness (QED) is 0.519. The molecule has 16 heteroatoms. The maximum absolute atomic E-state index is 11.8. The predicted octanol–water partition coefficient (Wildman–Crippen LogP) is -2.79. The molecular formula is C5HN4O9P3. The fourth-order valence-electron chi connectivity index (χ4n) is 1.72. The van der Waals surface area contributed by atoms with E-state index in [1.54, 1.807) is 5.32 Å². The van der Waals surface area contributed by atoms with Gasteiger partial charge >= 0.3 is 47.8 Å². The van der Waals surface area contributed by atoms with Crippen molar-refractivity contribution in [1.82, 2.24) is 14.7 Å². The molecule has 1 N–H and O–H groups in total. The average molecular weight is 354 g/mol. The Balaban J connectivity index is 2.76. The van der Waals surface area contributed by atoms with Crippen LogP contribution in [-0.2, 0) is 18.5 Å². The number of urea groups is 2. The normalized spacial score (nSPS) is 27.1. The van der Waals surface area contributed by atoms with Gasteiger partial charge in [-0.1, -0.05) is 4.57 Å². The maximum Gasteiger partial charge on any atom is 0.452 e. The van der Waals surface area contributed by atoms with Gasteiger partial charge in [0.2, 0.25) is 5.71 Å². The van der Waals surface area contributed by atoms with E-state index in [4.69, 9.17) is 0 Å². The molecule has 2 rings (SSSR count). The fraction of sp³-hybridized carbons (Fsp3) is 0.200. The summed E-state index contributed by atoms with van der Waals surface area (Å²) in [5, 5.41) is -1.50. The molecule has 21 heavy (non-hydrogen) atoms. The number of rotatable bonds is 3. The number of imide groups is 1. The topological polar surface area (TPSA) is 202 Å². The van der Waals surface area contributed by atoms with Crippen molar-refractivity contribution in [3.05, 3.63) is 0 Å². The van der Waals surface area contributed by atoms with E-state index < -0.39 is 62.8 Å². The highest BCUT2D eigenvalue weighted by Crippen LogP contribution is 2.48. The second kappa shape index (κ2) is 4.92. The number of nitrogens with zero attached hydrogens (tertiary/aromatic N) is 3. The molecule has 110 valence electrons. The van der Waals surface area contributed by atoms with Crippen LogP contribution in [0.2, 0.25) is 0 Å². The zero-order valence-electron chi connectivity index (χ0n) is 9.36. The Morgan fingerprint density at radius 1 is 1.05 bits per heavy atom. The number of hydrogen-bond acceptors (Lipinski definition) is 9. The lowest BCUT2D eigenvalue weighted by atomic mass is 10.2. The van der Waals surface area contributed by atoms with E-state index in [2.05, 4.69) is 4.99 Å². The molecule has 1 saturated heterocycles. The first-order valence-corrected chi connectivity index (χ1v) is 8.11. The summed E-state index contributed by atoms with van der Waals surface area (Å²) in [7, 11) is -11.9. The zero-order chi connectivity index (χ0) is 16.1. The number of nitrogens with one attached hydrogen (secondary N) is 1. The molecule has 0 spiro atoms. The number of fused-ring (bicyclic) bond motifs is 1. The first kappa shape index (κ1) is 15.6. The highest BCUT2D eigenvalue weighted by atomic mass is 31.1. The second-order valence-corrected chi connectivity index (χ2v) is 6.42. The second-order valence-electron chi connectivity index (χ2n) is 3.51. The van der Waals surface area contributed by atoms with Crippen molar-refractivity contribution in [1.29, 1.82) is 0 Å². The molecule has 0 aromatic rings. The molecule has 13 nitrogen and oxygen atoms in total. The third-order valence-corrected chi connectivity index (χ3v) is 5.17. The molecular weight excluding hydrogens is 353 g/mol. The van der Waals surface area contributed by atoms with Gasteiger partial charge in [0.25, 0.3) is 0 Å². The van der Waals surface area contributed by atoms with Gasteiger partial charge in [-0.25, -0.2) is 9.59 Å². The smallest absolute Gasteiger partial charge is 0.452 e. The molecule has 1 fully saturated rings. The van der Waals surface area contributed by atoms with Crippen LogP contribution < -0.4 is 20.0 Å². The van der Waals surface area contributed by atoms with Crippen molar-refractivity contribution in [2.75, 3.05) is 0 Å². The van der Waals surface area contributed by atoms with Crippen LogP contribution >= 0.6 is 24.4 Å². The lowest BCUT2D eigenvalue weighted by molar-refractivity contribution is -0.185. The van der Waals surface area contributed by atoms with E-state index in [1.807, 2.05) is 0 Å². The predicted molar refractivity (Wildman–Crippen MR) is 55.6 cm³/mol. The number of hydrogen-bond donors (Lipinski definition) is 1. The molecule has 0 bridgehead atoms. The Morgan fingerprint density at radius 2 is 1.62 bits per heavy atom. The van der Waals surface area contributed by atoms with E-state index in [0.29, 0.717) is 0 Å². The summed E-state index contributed by atoms with van der Waals surface area (Å²) in [6.45, 7) is 0. The first-order chi connectivity index (χ1) is 9.64. The third kappa shape index (κ3) is 1.99. The first-order valence-electron chi connectivity index (χ1n) is 4.67. The van der Waals surface area contributed by atoms with Crippen LogP contribution in [0.15, 0.2) is 4.99 Å². The van der Waals surface area contributed by atoms with Gasteiger partial charge in [-0.2, -0.15) is 4.99 Å². The van der Waals surface area contributed by atoms with Gasteiger partial charge in [-0.15, -0.1) is 0 Å². The number of amides is 5. The number of carbonyl (C=O) groups excluding carboxylic acids is 3. The Morgan fingerprint density at radius 3 is 2.05 bits per heavy atom. The summed E-state index contributed by atoms with van der Waals surface area (Å²) < 4.78 is 32.4. The standard InChI is InChI=1S/C5HN4O9P3/c10-2-1-5(19(13)14,7-3(11)6-1)9(21(17)18)4(12)8(2)20(15)16/h(H,7,11). The molecule has 2 heterocycles. The van der Waals surface area contributed by atoms with Crippen LogP contribution in [0.1, 0.15) is 0 Å². The van der Waals surface area contributed by atoms with Gasteiger partial charge in [0.15, 0.2) is 0 Å². The number of aliphatic imine (C=N–C) groups is 1. The van der Waals surface area contributed by atoms with Crippen LogP contribution in [0.4, 0.5) is 9.59 Å². The minimum absolute atomic E-state index is 0.468. The van der Waals surface area contributed by atoms with E-state index >= 15 is 0 Å². The monoisotopic (exact) mass is 354 g/mol. The Labute approximate surface area is 117 Å². The lowest BCUT2D eigenvalue weighted by Crippen LogP contribution is -2.69. The molecule has 4 unspecified atom stereocenters. The van der Waals surface area contributed by atoms with Gasteiger partial charge in [0.05, 0.1) is 0 Å². The minimum atomic E-state index is -4.02. The van der Waals surface area contributed by atoms with Crippen LogP contribution in [0, 0.1) is 0 Å². The van der Waals surface area contributed by atoms with E-state index in [-0.39, 0.29) is 0 Å². The summed E-state index contributed by atoms with van der Waals surface area (Å²) in [5.41, 5.74) is -1.25. The van der Waals surface area contributed by atoms with Crippen molar-refractivity contribution in [2.24, 2.45) is 4.99 Å². The number of carbonyl (C=O) groups is 3. The fourth-order valence-corrected chi connectivity index (χ4v) is 4.06. The van der Waals surface area contributed by atoms with Crippen molar-refractivity contribution in [3.63, 3.8) is 0 Å². The Bertz CT molecular complexity index is 674.